The normalized spacial score (nSPS) is 13.5. The number of hydrogen-bond donors (Lipinski definition) is 0. The monoisotopic (exact) mass is 286 g/mol. The van der Waals surface area contributed by atoms with Crippen molar-refractivity contribution < 1.29 is 22.4 Å². The number of rotatable bonds is 2. The van der Waals surface area contributed by atoms with Gasteiger partial charge in [0, 0.05) is 0 Å². The third kappa shape index (κ3) is 6.33. The quantitative estimate of drug-likeness (QED) is 0.685. The first-order chi connectivity index (χ1) is 4.29. The summed E-state index contributed by atoms with van der Waals surface area (Å²) in [6.45, 7) is 4.96. The molecule has 0 saturated carbocycles. The molecule has 0 N–H and O–H groups in total. The molecule has 0 radical (unpaired) electrons. The van der Waals surface area contributed by atoms with Gasteiger partial charge in [0.15, 0.2) is 0 Å². The standard InChI is InChI=1S/C5H5.C2H7Si.2ClH.Zr/c1-2-4-5-3-1;1-3-2;;;/h1-3H,4H2;3H,1-2H3;2*1H;. The molecule has 64 valence electrons. The largest absolute Gasteiger partial charge is 0.147 e. The van der Waals surface area contributed by atoms with Crippen LogP contribution in [0.5, 0.6) is 0 Å². The van der Waals surface area contributed by atoms with Crippen LogP contribution in [0, 0.1) is 0 Å². The predicted molar refractivity (Wildman–Crippen MR) is 55.2 cm³/mol. The van der Waals surface area contributed by atoms with Crippen LogP contribution in [0.15, 0.2) is 21.5 Å². The molecule has 0 spiro atoms. The Labute approximate surface area is 93.5 Å². The molecular weight excluding hydrogens is 274 g/mol. The molecule has 0 aromatic carbocycles. The Morgan fingerprint density at radius 3 is 2.36 bits per heavy atom. The number of halogens is 2. The van der Waals surface area contributed by atoms with Gasteiger partial charge in [-0.2, -0.15) is 0 Å². The van der Waals surface area contributed by atoms with Crippen LogP contribution in [-0.4, -0.2) is 5.92 Å². The van der Waals surface area contributed by atoms with Crippen LogP contribution in [0.25, 0.3) is 0 Å². The Balaban J connectivity index is 0. The Bertz CT molecular complexity index is 155. The molecule has 1 aliphatic rings. The molecule has 0 fully saturated rings. The molecule has 0 nitrogen and oxygen atoms in total. The fourth-order valence-corrected chi connectivity index (χ4v) is 9.45. The summed E-state index contributed by atoms with van der Waals surface area (Å²) in [7, 11) is 0. The second-order valence-corrected chi connectivity index (χ2v) is 17.4. The van der Waals surface area contributed by atoms with Crippen LogP contribution >= 0.6 is 24.8 Å². The zero-order valence-corrected chi connectivity index (χ0v) is 12.1. The van der Waals surface area contributed by atoms with Gasteiger partial charge < -0.3 is 0 Å². The van der Waals surface area contributed by atoms with Crippen LogP contribution in [0.2, 0.25) is 13.1 Å². The summed E-state index contributed by atoms with van der Waals surface area (Å²) in [5.41, 5.74) is 0. The summed E-state index contributed by atoms with van der Waals surface area (Å²) in [5, 5.41) is 0. The molecule has 0 saturated heterocycles. The van der Waals surface area contributed by atoms with Gasteiger partial charge in [-0.05, 0) is 0 Å². The second-order valence-electron chi connectivity index (χ2n) is 2.62. The summed E-state index contributed by atoms with van der Waals surface area (Å²) in [6, 6.07) is 0. The first kappa shape index (κ1) is 14.7. The SMILES string of the molecule is C[SiH](C)[Zr][C]1=CC=CC1.Cl.Cl. The maximum atomic E-state index is 2.48. The number of hydrogen-bond acceptors (Lipinski definition) is 0. The van der Waals surface area contributed by atoms with Crippen molar-refractivity contribution in [2.75, 3.05) is 0 Å². The van der Waals surface area contributed by atoms with E-state index in [2.05, 4.69) is 31.3 Å². The summed E-state index contributed by atoms with van der Waals surface area (Å²) in [5.74, 6) is -0.162. The molecule has 11 heavy (non-hydrogen) atoms. The zero-order chi connectivity index (χ0) is 6.69. The molecule has 0 heterocycles. The van der Waals surface area contributed by atoms with Gasteiger partial charge in [0.05, 0.1) is 0 Å². The van der Waals surface area contributed by atoms with E-state index >= 15 is 0 Å². The van der Waals surface area contributed by atoms with Gasteiger partial charge in [0.2, 0.25) is 0 Å². The van der Waals surface area contributed by atoms with Crippen molar-refractivity contribution in [3.05, 3.63) is 21.5 Å². The zero-order valence-electron chi connectivity index (χ0n) is 6.83. The van der Waals surface area contributed by atoms with E-state index in [-0.39, 0.29) is 53.1 Å². The average Bonchev–Trinajstić information content (AvgIpc) is 2.15. The summed E-state index contributed by atoms with van der Waals surface area (Å²) < 4.78 is 1.82. The van der Waals surface area contributed by atoms with Gasteiger partial charge >= 0.3 is 69.3 Å². The van der Waals surface area contributed by atoms with Gasteiger partial charge in [0.25, 0.3) is 0 Å². The minimum Gasteiger partial charge on any atom is -0.147 e. The van der Waals surface area contributed by atoms with E-state index in [1.165, 1.54) is 6.42 Å². The Kier molecular flexibility index (Phi) is 10.4. The second kappa shape index (κ2) is 7.79. The molecular formula is C7H14Cl2SiZr. The van der Waals surface area contributed by atoms with Crippen LogP contribution in [-0.2, 0) is 22.4 Å². The van der Waals surface area contributed by atoms with E-state index in [0.717, 1.165) is 0 Å². The van der Waals surface area contributed by atoms with Crippen molar-refractivity contribution in [3.8, 4) is 0 Å². The van der Waals surface area contributed by atoms with Crippen LogP contribution in [0.1, 0.15) is 6.42 Å². The topological polar surface area (TPSA) is 0 Å². The summed E-state index contributed by atoms with van der Waals surface area (Å²) in [4.78, 5) is 0. The van der Waals surface area contributed by atoms with E-state index in [1.54, 1.807) is 0 Å². The van der Waals surface area contributed by atoms with E-state index in [1.807, 2.05) is 3.28 Å². The van der Waals surface area contributed by atoms with E-state index < -0.39 is 0 Å². The first-order valence-electron chi connectivity index (χ1n) is 3.41. The Hall–Kier alpha value is 1.16. The van der Waals surface area contributed by atoms with Crippen molar-refractivity contribution in [1.29, 1.82) is 0 Å². The molecule has 0 aromatic heterocycles. The minimum atomic E-state index is -0.162. The summed E-state index contributed by atoms with van der Waals surface area (Å²) >= 11 is 0.00250. The third-order valence-electron chi connectivity index (χ3n) is 1.25. The fourth-order valence-electron chi connectivity index (χ4n) is 0.925. The van der Waals surface area contributed by atoms with Crippen molar-refractivity contribution in [3.63, 3.8) is 0 Å². The first-order valence-corrected chi connectivity index (χ1v) is 11.8. The molecule has 1 rings (SSSR count). The van der Waals surface area contributed by atoms with Gasteiger partial charge in [-0.3, -0.25) is 0 Å². The molecule has 0 aromatic rings. The van der Waals surface area contributed by atoms with Gasteiger partial charge in [-0.1, -0.05) is 0 Å². The maximum absolute atomic E-state index is 2.48. The van der Waals surface area contributed by atoms with Gasteiger partial charge in [-0.15, -0.1) is 24.8 Å². The average molecular weight is 288 g/mol. The smallest absolute Gasteiger partial charge is 0.147 e. The van der Waals surface area contributed by atoms with E-state index in [9.17, 15) is 0 Å². The molecule has 0 amide bonds. The summed E-state index contributed by atoms with van der Waals surface area (Å²) in [6.07, 6.45) is 8.15. The molecule has 0 unspecified atom stereocenters. The number of allylic oxidation sites excluding steroid dienone is 4. The van der Waals surface area contributed by atoms with Crippen molar-refractivity contribution in [2.24, 2.45) is 0 Å². The Morgan fingerprint density at radius 1 is 1.36 bits per heavy atom. The molecule has 1 aliphatic carbocycles. The van der Waals surface area contributed by atoms with E-state index in [0.29, 0.717) is 0 Å². The van der Waals surface area contributed by atoms with Crippen LogP contribution < -0.4 is 0 Å². The fraction of sp³-hybridized carbons (Fsp3) is 0.429. The third-order valence-corrected chi connectivity index (χ3v) is 10.1. The van der Waals surface area contributed by atoms with Crippen LogP contribution in [0.4, 0.5) is 0 Å². The predicted octanol–water partition coefficient (Wildman–Crippen LogP) is 2.74. The molecule has 0 atom stereocenters. The molecule has 0 aliphatic heterocycles. The minimum absolute atomic E-state index is 0. The van der Waals surface area contributed by atoms with E-state index in [4.69, 9.17) is 0 Å². The molecule has 4 heteroatoms. The van der Waals surface area contributed by atoms with Crippen molar-refractivity contribution in [1.82, 2.24) is 0 Å². The molecule has 0 bridgehead atoms. The maximum Gasteiger partial charge on any atom is -0.147 e. The Morgan fingerprint density at radius 2 is 2.00 bits per heavy atom. The van der Waals surface area contributed by atoms with Crippen molar-refractivity contribution in [2.45, 2.75) is 19.5 Å². The van der Waals surface area contributed by atoms with Crippen molar-refractivity contribution >= 4 is 30.7 Å². The van der Waals surface area contributed by atoms with Crippen LogP contribution in [0.3, 0.4) is 0 Å². The van der Waals surface area contributed by atoms with Gasteiger partial charge in [-0.25, -0.2) is 0 Å². The van der Waals surface area contributed by atoms with Gasteiger partial charge in [0.1, 0.15) is 0 Å².